The van der Waals surface area contributed by atoms with Crippen LogP contribution >= 0.6 is 0 Å². The van der Waals surface area contributed by atoms with Crippen molar-refractivity contribution in [2.24, 2.45) is 11.7 Å². The number of Topliss-reactive ketones (excluding diaryl/α,β-unsaturated/α-hetero) is 2. The molecule has 3 rings (SSSR count). The highest BCUT2D eigenvalue weighted by Crippen LogP contribution is 2.32. The summed E-state index contributed by atoms with van der Waals surface area (Å²) in [6.45, 7) is 0.504. The van der Waals surface area contributed by atoms with Gasteiger partial charge in [0.05, 0.1) is 11.7 Å². The van der Waals surface area contributed by atoms with E-state index >= 15 is 0 Å². The number of carbonyl (C=O) groups excluding carboxylic acids is 3. The molecule has 0 fully saturated rings. The second-order valence-corrected chi connectivity index (χ2v) is 8.76. The van der Waals surface area contributed by atoms with Gasteiger partial charge in [-0.3, -0.25) is 18.9 Å². The summed E-state index contributed by atoms with van der Waals surface area (Å²) in [7, 11) is -4.19. The monoisotopic (exact) mass is 418 g/mol. The number of nitrogens with zero attached hydrogens (tertiary/aromatic N) is 1. The molecule has 0 saturated carbocycles. The third-order valence-corrected chi connectivity index (χ3v) is 5.83. The summed E-state index contributed by atoms with van der Waals surface area (Å²) >= 11 is 0. The molecule has 0 spiro atoms. The van der Waals surface area contributed by atoms with E-state index in [0.29, 0.717) is 18.5 Å². The van der Waals surface area contributed by atoms with E-state index in [-0.39, 0.29) is 42.3 Å². The summed E-state index contributed by atoms with van der Waals surface area (Å²) < 4.78 is 30.2. The maximum absolute atomic E-state index is 12.1. The normalized spacial score (nSPS) is 18.5. The molecule has 1 unspecified atom stereocenters. The first-order valence-corrected chi connectivity index (χ1v) is 10.8. The summed E-state index contributed by atoms with van der Waals surface area (Å²) in [5.74, 6) is -1.59. The van der Waals surface area contributed by atoms with Crippen molar-refractivity contribution in [2.45, 2.75) is 25.7 Å². The van der Waals surface area contributed by atoms with Crippen LogP contribution in [0.3, 0.4) is 0 Å². The number of hydrogen-bond acceptors (Lipinski definition) is 6. The Morgan fingerprint density at radius 3 is 2.66 bits per heavy atom. The van der Waals surface area contributed by atoms with Crippen molar-refractivity contribution < 1.29 is 27.4 Å². The Morgan fingerprint density at radius 1 is 1.24 bits per heavy atom. The highest BCUT2D eigenvalue weighted by Gasteiger charge is 2.31. The van der Waals surface area contributed by atoms with Gasteiger partial charge in [-0.1, -0.05) is 18.2 Å². The third kappa shape index (κ3) is 5.18. The van der Waals surface area contributed by atoms with Gasteiger partial charge in [-0.15, -0.1) is 0 Å². The van der Waals surface area contributed by atoms with E-state index in [1.165, 1.54) is 0 Å². The number of benzene rings is 1. The van der Waals surface area contributed by atoms with Crippen LogP contribution in [0.1, 0.15) is 35.2 Å². The molecule has 1 aliphatic carbocycles. The first-order valence-electron chi connectivity index (χ1n) is 9.21. The van der Waals surface area contributed by atoms with Crippen molar-refractivity contribution >= 4 is 33.3 Å². The smallest absolute Gasteiger partial charge is 0.265 e. The summed E-state index contributed by atoms with van der Waals surface area (Å²) in [6.07, 6.45) is 6.06. The standard InChI is InChI=1S/C20H22N2O6S/c21-20(25)17-10-15(22-11-14-2-1-3-19(24)18(14)12-22)6-4-13(17)5-7-16(23)8-9-29(26,27)28/h1-2,4,6,10-11,18H,3,5,7-9,12H2,(H2,21,25)(H,26,27,28). The second-order valence-electron chi connectivity index (χ2n) is 7.19. The van der Waals surface area contributed by atoms with Gasteiger partial charge in [0.25, 0.3) is 10.1 Å². The van der Waals surface area contributed by atoms with Crippen molar-refractivity contribution in [3.63, 3.8) is 0 Å². The van der Waals surface area contributed by atoms with Crippen LogP contribution in [0.4, 0.5) is 5.69 Å². The van der Waals surface area contributed by atoms with Gasteiger partial charge in [0, 0.05) is 43.3 Å². The minimum Gasteiger partial charge on any atom is -0.366 e. The van der Waals surface area contributed by atoms with Crippen LogP contribution in [0.25, 0.3) is 0 Å². The van der Waals surface area contributed by atoms with Gasteiger partial charge in [0.2, 0.25) is 5.91 Å². The predicted octanol–water partition coefficient (Wildman–Crippen LogP) is 1.41. The van der Waals surface area contributed by atoms with Gasteiger partial charge in [-0.25, -0.2) is 0 Å². The van der Waals surface area contributed by atoms with Gasteiger partial charge in [0.15, 0.2) is 0 Å². The number of anilines is 1. The zero-order valence-corrected chi connectivity index (χ0v) is 16.5. The van der Waals surface area contributed by atoms with Crippen molar-refractivity contribution in [1.29, 1.82) is 0 Å². The number of hydrogen-bond donors (Lipinski definition) is 2. The molecule has 1 aliphatic heterocycles. The first kappa shape index (κ1) is 20.9. The Hall–Kier alpha value is -2.78. The van der Waals surface area contributed by atoms with E-state index in [0.717, 1.165) is 11.3 Å². The number of rotatable bonds is 8. The fourth-order valence-corrected chi connectivity index (χ4v) is 4.02. The van der Waals surface area contributed by atoms with Crippen molar-refractivity contribution in [2.75, 3.05) is 17.2 Å². The molecule has 0 radical (unpaired) electrons. The predicted molar refractivity (Wildman–Crippen MR) is 107 cm³/mol. The van der Waals surface area contributed by atoms with Gasteiger partial charge in [-0.2, -0.15) is 8.42 Å². The van der Waals surface area contributed by atoms with E-state index in [4.69, 9.17) is 10.3 Å². The molecule has 8 nitrogen and oxygen atoms in total. The minimum absolute atomic E-state index is 0.0320. The largest absolute Gasteiger partial charge is 0.366 e. The molecule has 1 atom stereocenters. The Balaban J connectivity index is 1.72. The lowest BCUT2D eigenvalue weighted by molar-refractivity contribution is -0.120. The molecule has 1 amide bonds. The van der Waals surface area contributed by atoms with Crippen molar-refractivity contribution in [1.82, 2.24) is 0 Å². The lowest BCUT2D eigenvalue weighted by Crippen LogP contribution is -2.25. The molecular formula is C20H22N2O6S. The number of aryl methyl sites for hydroxylation is 1. The lowest BCUT2D eigenvalue weighted by Gasteiger charge is -2.20. The van der Waals surface area contributed by atoms with Crippen LogP contribution in [0.5, 0.6) is 0 Å². The van der Waals surface area contributed by atoms with Crippen LogP contribution in [-0.2, 0) is 26.1 Å². The SMILES string of the molecule is NC(=O)c1cc(N2C=C3C=CCC(=O)C3C2)ccc1CCC(=O)CCS(=O)(=O)O. The van der Waals surface area contributed by atoms with Gasteiger partial charge in [0.1, 0.15) is 11.6 Å². The van der Waals surface area contributed by atoms with E-state index in [2.05, 4.69) is 0 Å². The number of ketones is 2. The highest BCUT2D eigenvalue weighted by atomic mass is 32.2. The molecule has 1 aromatic rings. The third-order valence-electron chi connectivity index (χ3n) is 5.11. The lowest BCUT2D eigenvalue weighted by atomic mass is 9.90. The average Bonchev–Trinajstić information content (AvgIpc) is 3.09. The molecule has 1 heterocycles. The summed E-state index contributed by atoms with van der Waals surface area (Å²) in [4.78, 5) is 37.7. The average molecular weight is 418 g/mol. The molecule has 2 aliphatic rings. The van der Waals surface area contributed by atoms with E-state index in [1.807, 2.05) is 23.3 Å². The number of primary amides is 1. The van der Waals surface area contributed by atoms with Crippen LogP contribution in [0, 0.1) is 5.92 Å². The molecule has 3 N–H and O–H groups in total. The quantitative estimate of drug-likeness (QED) is 0.610. The van der Waals surface area contributed by atoms with Gasteiger partial charge < -0.3 is 10.6 Å². The molecule has 9 heteroatoms. The number of fused-ring (bicyclic) bond motifs is 1. The van der Waals surface area contributed by atoms with Crippen molar-refractivity contribution in [3.05, 3.63) is 53.3 Å². The molecule has 29 heavy (non-hydrogen) atoms. The Kier molecular flexibility index (Phi) is 5.99. The van der Waals surface area contributed by atoms with E-state index in [9.17, 15) is 22.8 Å². The Labute approximate surface area is 168 Å². The number of allylic oxidation sites excluding steroid dienone is 2. The van der Waals surface area contributed by atoms with E-state index < -0.39 is 21.8 Å². The number of nitrogens with two attached hydrogens (primary N) is 1. The molecule has 0 saturated heterocycles. The first-order chi connectivity index (χ1) is 13.6. The molecule has 0 aromatic heterocycles. The minimum atomic E-state index is -4.19. The number of amides is 1. The Morgan fingerprint density at radius 2 is 2.00 bits per heavy atom. The summed E-state index contributed by atoms with van der Waals surface area (Å²) in [6, 6.07) is 5.15. The highest BCUT2D eigenvalue weighted by molar-refractivity contribution is 7.85. The summed E-state index contributed by atoms with van der Waals surface area (Å²) in [5.41, 5.74) is 8.04. The molecule has 154 valence electrons. The van der Waals surface area contributed by atoms with Crippen LogP contribution in [0.2, 0.25) is 0 Å². The molecular weight excluding hydrogens is 396 g/mol. The maximum Gasteiger partial charge on any atom is 0.265 e. The van der Waals surface area contributed by atoms with Crippen LogP contribution in [0.15, 0.2) is 42.1 Å². The van der Waals surface area contributed by atoms with E-state index in [1.54, 1.807) is 18.2 Å². The zero-order chi connectivity index (χ0) is 21.2. The Bertz CT molecular complexity index is 1030. The topological polar surface area (TPSA) is 135 Å². The molecule has 0 bridgehead atoms. The maximum atomic E-state index is 12.1. The van der Waals surface area contributed by atoms with Gasteiger partial charge in [-0.05, 0) is 29.7 Å². The summed E-state index contributed by atoms with van der Waals surface area (Å²) in [5, 5.41) is 0. The second kappa shape index (κ2) is 8.30. The fraction of sp³-hybridized carbons (Fsp3) is 0.350. The van der Waals surface area contributed by atoms with Crippen LogP contribution in [-0.4, -0.2) is 42.7 Å². The molecule has 1 aromatic carbocycles. The van der Waals surface area contributed by atoms with Gasteiger partial charge >= 0.3 is 0 Å². The van der Waals surface area contributed by atoms with Crippen molar-refractivity contribution in [3.8, 4) is 0 Å². The van der Waals surface area contributed by atoms with Crippen LogP contribution < -0.4 is 10.6 Å². The number of carbonyl (C=O) groups is 3. The fourth-order valence-electron chi connectivity index (χ4n) is 3.54. The zero-order valence-electron chi connectivity index (χ0n) is 15.7.